The third-order valence-electron chi connectivity index (χ3n) is 6.72. The summed E-state index contributed by atoms with van der Waals surface area (Å²) in [6.07, 6.45) is 0.0606. The van der Waals surface area contributed by atoms with Crippen LogP contribution in [0.4, 0.5) is 10.1 Å². The van der Waals surface area contributed by atoms with Crippen LogP contribution in [0.15, 0.2) is 102 Å². The van der Waals surface area contributed by atoms with Crippen LogP contribution in [0.1, 0.15) is 40.3 Å². The lowest BCUT2D eigenvalue weighted by atomic mass is 10.0. The first-order valence-electron chi connectivity index (χ1n) is 13.8. The smallest absolute Gasteiger partial charge is 0.279 e. The zero-order chi connectivity index (χ0) is 29.9. The number of aromatic nitrogens is 2. The van der Waals surface area contributed by atoms with Gasteiger partial charge in [0.1, 0.15) is 16.4 Å². The highest BCUT2D eigenvalue weighted by Crippen LogP contribution is 2.37. The van der Waals surface area contributed by atoms with Gasteiger partial charge in [-0.25, -0.2) is 4.98 Å². The fourth-order valence-corrected chi connectivity index (χ4v) is 5.59. The van der Waals surface area contributed by atoms with E-state index in [2.05, 4.69) is 20.8 Å². The molecule has 43 heavy (non-hydrogen) atoms. The molecule has 2 N–H and O–H groups in total. The lowest BCUT2D eigenvalue weighted by Gasteiger charge is -2.12. The first-order chi connectivity index (χ1) is 20.9. The number of amides is 2. The minimum Gasteiger partial charge on any atom is -0.491 e. The lowest BCUT2D eigenvalue weighted by Crippen LogP contribution is -2.12. The number of hydrogen-bond acceptors (Lipinski definition) is 7. The number of rotatable bonds is 8. The SMILES string of the molecule is Cc1cc(-c2cc(C(=O)Nc3nc(-c4ccccc4)c(NC(=O)c4cccc5ccccc45)s3)no2)ccc1OC(C)C. The molecule has 0 aliphatic rings. The highest BCUT2D eigenvalue weighted by atomic mass is 32.1. The predicted molar refractivity (Wildman–Crippen MR) is 170 cm³/mol. The topological polar surface area (TPSA) is 106 Å². The first kappa shape index (κ1) is 27.9. The quantitative estimate of drug-likeness (QED) is 0.186. The second-order valence-corrected chi connectivity index (χ2v) is 11.2. The molecule has 0 radical (unpaired) electrons. The van der Waals surface area contributed by atoms with Crippen LogP contribution in [-0.4, -0.2) is 28.1 Å². The Morgan fingerprint density at radius 1 is 0.837 bits per heavy atom. The molecule has 0 saturated heterocycles. The van der Waals surface area contributed by atoms with Gasteiger partial charge in [0.2, 0.25) is 0 Å². The summed E-state index contributed by atoms with van der Waals surface area (Å²) in [5.74, 6) is 0.498. The number of ether oxygens (including phenoxy) is 1. The van der Waals surface area contributed by atoms with Gasteiger partial charge in [-0.3, -0.25) is 14.9 Å². The maximum atomic E-state index is 13.4. The number of nitrogens with zero attached hydrogens (tertiary/aromatic N) is 2. The second kappa shape index (κ2) is 11.9. The van der Waals surface area contributed by atoms with E-state index in [9.17, 15) is 9.59 Å². The van der Waals surface area contributed by atoms with Gasteiger partial charge in [0.15, 0.2) is 16.6 Å². The van der Waals surface area contributed by atoms with Gasteiger partial charge in [-0.15, -0.1) is 0 Å². The molecule has 0 bridgehead atoms. The lowest BCUT2D eigenvalue weighted by molar-refractivity contribution is 0.101. The Labute approximate surface area is 252 Å². The molecule has 0 aliphatic carbocycles. The maximum absolute atomic E-state index is 13.4. The second-order valence-electron chi connectivity index (χ2n) is 10.2. The summed E-state index contributed by atoms with van der Waals surface area (Å²) in [5.41, 5.74) is 3.73. The van der Waals surface area contributed by atoms with E-state index in [0.29, 0.717) is 27.2 Å². The summed E-state index contributed by atoms with van der Waals surface area (Å²) in [5, 5.41) is 12.5. The van der Waals surface area contributed by atoms with Gasteiger partial charge >= 0.3 is 0 Å². The van der Waals surface area contributed by atoms with Crippen LogP contribution in [-0.2, 0) is 0 Å². The van der Waals surface area contributed by atoms with E-state index < -0.39 is 5.91 Å². The van der Waals surface area contributed by atoms with E-state index in [0.717, 1.165) is 33.2 Å². The summed E-state index contributed by atoms with van der Waals surface area (Å²) >= 11 is 1.17. The molecule has 0 spiro atoms. The van der Waals surface area contributed by atoms with Gasteiger partial charge in [0.25, 0.3) is 11.8 Å². The monoisotopic (exact) mass is 588 g/mol. The van der Waals surface area contributed by atoms with Crippen molar-refractivity contribution in [3.05, 3.63) is 114 Å². The molecule has 2 amide bonds. The summed E-state index contributed by atoms with van der Waals surface area (Å²) in [6, 6.07) is 30.1. The van der Waals surface area contributed by atoms with Crippen LogP contribution in [0, 0.1) is 6.92 Å². The van der Waals surface area contributed by atoms with Crippen molar-refractivity contribution in [2.24, 2.45) is 0 Å². The number of anilines is 2. The highest BCUT2D eigenvalue weighted by Gasteiger charge is 2.21. The number of carbonyl (C=O) groups excluding carboxylic acids is 2. The standard InChI is InChI=1S/C34H28N4O4S/c1-20(2)41-28-17-16-24(18-21(28)3)29-19-27(38-42-29)32(40)37-34-35-30(23-11-5-4-6-12-23)33(43-34)36-31(39)26-15-9-13-22-10-7-8-14-25(22)26/h4-20H,1-3H3,(H,36,39)(H,35,37,40). The summed E-state index contributed by atoms with van der Waals surface area (Å²) in [4.78, 5) is 31.3. The average Bonchev–Trinajstić information content (AvgIpc) is 3.66. The third kappa shape index (κ3) is 6.02. The first-order valence-corrected chi connectivity index (χ1v) is 14.6. The molecule has 8 nitrogen and oxygen atoms in total. The van der Waals surface area contributed by atoms with Crippen molar-refractivity contribution >= 4 is 44.1 Å². The van der Waals surface area contributed by atoms with Crippen molar-refractivity contribution in [3.63, 3.8) is 0 Å². The molecular formula is C34H28N4O4S. The van der Waals surface area contributed by atoms with Gasteiger partial charge in [0.05, 0.1) is 6.10 Å². The molecule has 6 rings (SSSR count). The predicted octanol–water partition coefficient (Wildman–Crippen LogP) is 8.22. The Kier molecular flexibility index (Phi) is 7.72. The van der Waals surface area contributed by atoms with E-state index in [-0.39, 0.29) is 17.7 Å². The number of benzene rings is 4. The number of fused-ring (bicyclic) bond motifs is 1. The molecule has 4 aromatic carbocycles. The zero-order valence-corrected chi connectivity index (χ0v) is 24.6. The zero-order valence-electron chi connectivity index (χ0n) is 23.8. The number of nitrogens with one attached hydrogen (secondary N) is 2. The van der Waals surface area contributed by atoms with Crippen LogP contribution in [0.5, 0.6) is 5.75 Å². The Hall–Kier alpha value is -5.28. The molecular weight excluding hydrogens is 560 g/mol. The van der Waals surface area contributed by atoms with E-state index in [1.807, 2.05) is 106 Å². The van der Waals surface area contributed by atoms with Crippen LogP contribution in [0.3, 0.4) is 0 Å². The minimum atomic E-state index is -0.480. The minimum absolute atomic E-state index is 0.0606. The molecule has 6 aromatic rings. The summed E-state index contributed by atoms with van der Waals surface area (Å²) in [6.45, 7) is 5.90. The normalized spacial score (nSPS) is 11.1. The summed E-state index contributed by atoms with van der Waals surface area (Å²) < 4.78 is 11.3. The number of aryl methyl sites for hydroxylation is 1. The van der Waals surface area contributed by atoms with Crippen LogP contribution >= 0.6 is 11.3 Å². The Balaban J connectivity index is 1.25. The molecule has 0 unspecified atom stereocenters. The van der Waals surface area contributed by atoms with Crippen molar-refractivity contribution in [1.29, 1.82) is 0 Å². The molecule has 0 fully saturated rings. The molecule has 0 saturated carbocycles. The largest absolute Gasteiger partial charge is 0.491 e. The van der Waals surface area contributed by atoms with E-state index in [1.165, 1.54) is 11.3 Å². The molecule has 214 valence electrons. The van der Waals surface area contributed by atoms with Crippen molar-refractivity contribution in [2.75, 3.05) is 10.6 Å². The van der Waals surface area contributed by atoms with Gasteiger partial charge in [-0.1, -0.05) is 83.2 Å². The van der Waals surface area contributed by atoms with Crippen molar-refractivity contribution in [2.45, 2.75) is 26.9 Å². The van der Waals surface area contributed by atoms with Crippen molar-refractivity contribution < 1.29 is 18.8 Å². The number of carbonyl (C=O) groups is 2. The third-order valence-corrected chi connectivity index (χ3v) is 7.61. The molecule has 9 heteroatoms. The van der Waals surface area contributed by atoms with E-state index in [1.54, 1.807) is 12.1 Å². The van der Waals surface area contributed by atoms with Gasteiger partial charge in [-0.05, 0) is 61.4 Å². The van der Waals surface area contributed by atoms with Crippen molar-refractivity contribution in [1.82, 2.24) is 10.1 Å². The molecule has 0 aliphatic heterocycles. The maximum Gasteiger partial charge on any atom is 0.279 e. The van der Waals surface area contributed by atoms with E-state index in [4.69, 9.17) is 9.26 Å². The Morgan fingerprint density at radius 3 is 2.40 bits per heavy atom. The molecule has 2 heterocycles. The van der Waals surface area contributed by atoms with Gasteiger partial charge in [0, 0.05) is 22.8 Å². The molecule has 2 aromatic heterocycles. The fourth-order valence-electron chi connectivity index (χ4n) is 4.71. The van der Waals surface area contributed by atoms with Crippen LogP contribution < -0.4 is 15.4 Å². The van der Waals surface area contributed by atoms with Crippen LogP contribution in [0.25, 0.3) is 33.4 Å². The van der Waals surface area contributed by atoms with Crippen LogP contribution in [0.2, 0.25) is 0 Å². The highest BCUT2D eigenvalue weighted by molar-refractivity contribution is 7.20. The Morgan fingerprint density at radius 2 is 1.60 bits per heavy atom. The van der Waals surface area contributed by atoms with E-state index >= 15 is 0 Å². The fraction of sp³-hybridized carbons (Fsp3) is 0.118. The molecule has 0 atom stereocenters. The van der Waals surface area contributed by atoms with Crippen molar-refractivity contribution in [3.8, 4) is 28.3 Å². The average molecular weight is 589 g/mol. The van der Waals surface area contributed by atoms with Gasteiger partial charge in [-0.2, -0.15) is 0 Å². The number of hydrogen-bond donors (Lipinski definition) is 2. The number of thiazole rings is 1. The summed E-state index contributed by atoms with van der Waals surface area (Å²) in [7, 11) is 0. The van der Waals surface area contributed by atoms with Gasteiger partial charge < -0.3 is 14.6 Å². The Bertz CT molecular complexity index is 1940.